The molecule has 5 N–H and O–H groups in total. The van der Waals surface area contributed by atoms with Crippen LogP contribution in [-0.4, -0.2) is 37.3 Å². The number of nitrogens with one attached hydrogen (secondary N) is 2. The summed E-state index contributed by atoms with van der Waals surface area (Å²) < 4.78 is 0. The van der Waals surface area contributed by atoms with Gasteiger partial charge >= 0.3 is 0 Å². The number of aromatic nitrogens is 4. The number of hydrogen-bond acceptors (Lipinski definition) is 7. The summed E-state index contributed by atoms with van der Waals surface area (Å²) in [5.41, 5.74) is 6.56. The van der Waals surface area contributed by atoms with E-state index in [-0.39, 0.29) is 18.1 Å². The Hall–Kier alpha value is -1.93. The van der Waals surface area contributed by atoms with Crippen LogP contribution in [0.1, 0.15) is 12.8 Å². The molecule has 1 aliphatic rings. The molecule has 3 rings (SSSR count). The smallest absolute Gasteiger partial charge is 0.224 e. The quantitative estimate of drug-likeness (QED) is 0.446. The summed E-state index contributed by atoms with van der Waals surface area (Å²) in [6.45, 7) is 0.215. The van der Waals surface area contributed by atoms with E-state index < -0.39 is 0 Å². The zero-order valence-corrected chi connectivity index (χ0v) is 8.97. The van der Waals surface area contributed by atoms with Crippen LogP contribution in [0.3, 0.4) is 0 Å². The number of fused-ring (bicyclic) bond motifs is 1. The minimum atomic E-state index is -0.256. The molecule has 90 valence electrons. The Bertz CT molecular complexity index is 549. The van der Waals surface area contributed by atoms with E-state index in [4.69, 9.17) is 11.0 Å². The van der Waals surface area contributed by atoms with Gasteiger partial charge in [-0.1, -0.05) is 0 Å². The molecule has 17 heavy (non-hydrogen) atoms. The Morgan fingerprint density at radius 3 is 3.06 bits per heavy atom. The first-order valence-electron chi connectivity index (χ1n) is 5.24. The zero-order chi connectivity index (χ0) is 11.9. The molecule has 1 saturated carbocycles. The maximum absolute atomic E-state index is 8.53. The van der Waals surface area contributed by atoms with E-state index in [2.05, 4.69) is 30.1 Å². The molecule has 0 aromatic carbocycles. The van der Waals surface area contributed by atoms with Crippen LogP contribution in [0.25, 0.3) is 11.2 Å². The lowest BCUT2D eigenvalue weighted by Gasteiger charge is -2.16. The molecule has 1 fully saturated rings. The van der Waals surface area contributed by atoms with E-state index in [1.165, 1.54) is 6.33 Å². The van der Waals surface area contributed by atoms with Gasteiger partial charge in [-0.2, -0.15) is 9.97 Å². The number of aromatic amines is 1. The summed E-state index contributed by atoms with van der Waals surface area (Å²) in [5, 5.41) is 11.7. The average Bonchev–Trinajstić information content (AvgIpc) is 2.87. The van der Waals surface area contributed by atoms with E-state index in [0.717, 1.165) is 12.8 Å². The second-order valence-corrected chi connectivity index (χ2v) is 4.21. The maximum Gasteiger partial charge on any atom is 0.224 e. The van der Waals surface area contributed by atoms with E-state index in [1.54, 1.807) is 0 Å². The monoisotopic (exact) mass is 236 g/mol. The fraction of sp³-hybridized carbons (Fsp3) is 0.444. The van der Waals surface area contributed by atoms with Crippen LogP contribution in [0.2, 0.25) is 0 Å². The molecule has 2 aromatic heterocycles. The van der Waals surface area contributed by atoms with Gasteiger partial charge in [-0.05, 0) is 12.8 Å². The lowest BCUT2D eigenvalue weighted by Crippen LogP contribution is -2.27. The van der Waals surface area contributed by atoms with Gasteiger partial charge < -0.3 is 16.0 Å². The molecule has 0 unspecified atom stereocenters. The molecular weight excluding hydrogens is 224 g/mol. The minimum absolute atomic E-state index is 0.160. The normalized spacial score (nSPS) is 17.2. The van der Waals surface area contributed by atoms with Crippen LogP contribution in [0.15, 0.2) is 6.33 Å². The highest BCUT2D eigenvalue weighted by atomic mass is 17.1. The number of hydrogen-bond donors (Lipinski definition) is 4. The van der Waals surface area contributed by atoms with Crippen LogP contribution in [0, 0.1) is 0 Å². The predicted molar refractivity (Wildman–Crippen MR) is 60.3 cm³/mol. The van der Waals surface area contributed by atoms with Crippen molar-refractivity contribution in [3.63, 3.8) is 0 Å². The molecule has 0 radical (unpaired) electrons. The van der Waals surface area contributed by atoms with Crippen molar-refractivity contribution in [3.05, 3.63) is 6.33 Å². The zero-order valence-electron chi connectivity index (χ0n) is 8.97. The Kier molecular flexibility index (Phi) is 2.13. The van der Waals surface area contributed by atoms with E-state index in [1.807, 2.05) is 0 Å². The van der Waals surface area contributed by atoms with Crippen molar-refractivity contribution in [1.82, 2.24) is 19.9 Å². The molecule has 8 heteroatoms. The molecule has 0 bridgehead atoms. The second-order valence-electron chi connectivity index (χ2n) is 4.21. The van der Waals surface area contributed by atoms with Crippen LogP contribution in [-0.2, 0) is 4.89 Å². The van der Waals surface area contributed by atoms with Gasteiger partial charge in [-0.3, -0.25) is 5.26 Å². The van der Waals surface area contributed by atoms with E-state index >= 15 is 0 Å². The molecule has 0 saturated heterocycles. The fourth-order valence-corrected chi connectivity index (χ4v) is 1.77. The highest BCUT2D eigenvalue weighted by Gasteiger charge is 2.44. The van der Waals surface area contributed by atoms with Crippen molar-refractivity contribution < 1.29 is 10.1 Å². The van der Waals surface area contributed by atoms with E-state index in [0.29, 0.717) is 17.0 Å². The number of nitrogen functional groups attached to an aromatic ring is 1. The first-order valence-corrected chi connectivity index (χ1v) is 5.24. The van der Waals surface area contributed by atoms with Crippen LogP contribution in [0.4, 0.5) is 11.8 Å². The van der Waals surface area contributed by atoms with Crippen molar-refractivity contribution in [2.75, 3.05) is 17.7 Å². The third-order valence-electron chi connectivity index (χ3n) is 2.88. The first-order chi connectivity index (χ1) is 8.22. The van der Waals surface area contributed by atoms with Gasteiger partial charge in [0, 0.05) is 0 Å². The van der Waals surface area contributed by atoms with Gasteiger partial charge in [0.2, 0.25) is 5.95 Å². The molecule has 2 heterocycles. The predicted octanol–water partition coefficient (Wildman–Crippen LogP) is 0.369. The molecule has 2 aromatic rings. The van der Waals surface area contributed by atoms with Crippen molar-refractivity contribution in [2.45, 2.75) is 18.4 Å². The average molecular weight is 236 g/mol. The lowest BCUT2D eigenvalue weighted by atomic mass is 10.3. The van der Waals surface area contributed by atoms with Crippen molar-refractivity contribution in [2.24, 2.45) is 0 Å². The summed E-state index contributed by atoms with van der Waals surface area (Å²) in [4.78, 5) is 19.3. The fourth-order valence-electron chi connectivity index (χ4n) is 1.77. The van der Waals surface area contributed by atoms with Crippen LogP contribution < -0.4 is 11.1 Å². The van der Waals surface area contributed by atoms with Crippen LogP contribution >= 0.6 is 0 Å². The van der Waals surface area contributed by atoms with Gasteiger partial charge in [-0.15, -0.1) is 0 Å². The third kappa shape index (κ3) is 1.77. The highest BCUT2D eigenvalue weighted by Crippen LogP contribution is 2.39. The van der Waals surface area contributed by atoms with E-state index in [9.17, 15) is 0 Å². The highest BCUT2D eigenvalue weighted by molar-refractivity contribution is 5.84. The molecule has 0 atom stereocenters. The maximum atomic E-state index is 8.53. The molecule has 0 spiro atoms. The van der Waals surface area contributed by atoms with Crippen LogP contribution in [0.5, 0.6) is 0 Å². The Balaban J connectivity index is 1.97. The number of imidazole rings is 1. The SMILES string of the molecule is Nc1nc(NC2(COO)CC2)c2[nH]cnc2n1. The molecular formula is C9H12N6O2. The van der Waals surface area contributed by atoms with Gasteiger partial charge in [-0.25, -0.2) is 9.87 Å². The Morgan fingerprint density at radius 1 is 1.53 bits per heavy atom. The first kappa shape index (κ1) is 10.2. The summed E-state index contributed by atoms with van der Waals surface area (Å²) in [6.07, 6.45) is 3.35. The number of nitrogens with two attached hydrogens (primary N) is 1. The molecule has 0 amide bonds. The number of rotatable bonds is 4. The van der Waals surface area contributed by atoms with Crippen molar-refractivity contribution in [1.29, 1.82) is 0 Å². The van der Waals surface area contributed by atoms with Gasteiger partial charge in [0.05, 0.1) is 11.9 Å². The van der Waals surface area contributed by atoms with Crippen molar-refractivity contribution in [3.8, 4) is 0 Å². The van der Waals surface area contributed by atoms with Gasteiger partial charge in [0.25, 0.3) is 0 Å². The standard InChI is InChI=1S/C9H12N6O2/c10-8-13-6-5(11-4-12-6)7(14-8)15-9(1-2-9)3-17-16/h4,16H,1-3H2,(H4,10,11,12,13,14,15). The number of nitrogens with zero attached hydrogens (tertiary/aromatic N) is 3. The summed E-state index contributed by atoms with van der Waals surface area (Å²) in [7, 11) is 0. The number of anilines is 2. The van der Waals surface area contributed by atoms with Gasteiger partial charge in [0.1, 0.15) is 12.1 Å². The lowest BCUT2D eigenvalue weighted by molar-refractivity contribution is -0.245. The third-order valence-corrected chi connectivity index (χ3v) is 2.88. The molecule has 8 nitrogen and oxygen atoms in total. The minimum Gasteiger partial charge on any atom is -0.368 e. The largest absolute Gasteiger partial charge is 0.368 e. The number of H-pyrrole nitrogens is 1. The molecule has 0 aliphatic heterocycles. The Labute approximate surface area is 96.2 Å². The van der Waals surface area contributed by atoms with Crippen molar-refractivity contribution >= 4 is 22.9 Å². The summed E-state index contributed by atoms with van der Waals surface area (Å²) in [5.74, 6) is 0.743. The Morgan fingerprint density at radius 2 is 2.35 bits per heavy atom. The second kappa shape index (κ2) is 3.54. The summed E-state index contributed by atoms with van der Waals surface area (Å²) >= 11 is 0. The topological polar surface area (TPSA) is 122 Å². The summed E-state index contributed by atoms with van der Waals surface area (Å²) in [6, 6.07) is 0. The molecule has 1 aliphatic carbocycles. The van der Waals surface area contributed by atoms with Gasteiger partial charge in [0.15, 0.2) is 11.5 Å².